The van der Waals surface area contributed by atoms with Crippen molar-refractivity contribution in [3.8, 4) is 12.3 Å². The third-order valence-electron chi connectivity index (χ3n) is 2.82. The molecule has 0 bridgehead atoms. The Morgan fingerprint density at radius 3 is 2.24 bits per heavy atom. The van der Waals surface area contributed by atoms with Crippen LogP contribution in [-0.4, -0.2) is 36.5 Å². The summed E-state index contributed by atoms with van der Waals surface area (Å²) < 4.78 is 14.0. The van der Waals surface area contributed by atoms with Gasteiger partial charge in [0, 0.05) is 18.5 Å². The summed E-state index contributed by atoms with van der Waals surface area (Å²) in [5.74, 6) is 2.65. The molecule has 0 aliphatic carbocycles. The molecular weight excluding hydrogens is 283 g/mol. The van der Waals surface area contributed by atoms with Crippen molar-refractivity contribution in [1.29, 1.82) is 0 Å². The van der Waals surface area contributed by atoms with Crippen molar-refractivity contribution < 1.29 is 9.05 Å². The fraction of sp³-hybridized carbons (Fsp3) is 0.812. The molecule has 4 nitrogen and oxygen atoms in total. The molecule has 120 valence electrons. The minimum absolute atomic E-state index is 0.352. The summed E-state index contributed by atoms with van der Waals surface area (Å²) in [6, 6.07) is 0.705. The minimum Gasteiger partial charge on any atom is -0.322 e. The Hall–Kier alpha value is -0.640. The third kappa shape index (κ3) is 9.83. The second kappa shape index (κ2) is 13.1. The van der Waals surface area contributed by atoms with Gasteiger partial charge >= 0.3 is 0 Å². The first-order valence-corrected chi connectivity index (χ1v) is 8.78. The SMILES string of the molecule is [C-]#[N+]CCOP(OCCCCCC#C)N(C(C)C)C(C)C. The van der Waals surface area contributed by atoms with Crippen LogP contribution in [0.1, 0.15) is 53.4 Å². The maximum absolute atomic E-state index is 6.84. The predicted octanol–water partition coefficient (Wildman–Crippen LogP) is 4.48. The van der Waals surface area contributed by atoms with Crippen molar-refractivity contribution in [3.63, 3.8) is 0 Å². The lowest BCUT2D eigenvalue weighted by atomic mass is 10.2. The molecule has 0 spiro atoms. The van der Waals surface area contributed by atoms with Crippen LogP contribution < -0.4 is 0 Å². The number of nitrogens with zero attached hydrogens (tertiary/aromatic N) is 2. The predicted molar refractivity (Wildman–Crippen MR) is 89.7 cm³/mol. The van der Waals surface area contributed by atoms with Gasteiger partial charge in [-0.25, -0.2) is 11.2 Å². The summed E-state index contributed by atoms with van der Waals surface area (Å²) >= 11 is 0. The molecule has 0 radical (unpaired) electrons. The van der Waals surface area contributed by atoms with Gasteiger partial charge in [0.2, 0.25) is 6.54 Å². The van der Waals surface area contributed by atoms with E-state index in [9.17, 15) is 0 Å². The third-order valence-corrected chi connectivity index (χ3v) is 4.93. The van der Waals surface area contributed by atoms with Gasteiger partial charge in [-0.3, -0.25) is 0 Å². The standard InChI is InChI=1S/C16H29N2O2P/c1-7-8-9-10-11-13-19-21(20-14-12-17-6)18(15(2)3)16(4)5/h1,15-16H,8-14H2,2-5H3. The fourth-order valence-corrected chi connectivity index (χ4v) is 3.58. The largest absolute Gasteiger partial charge is 0.322 e. The van der Waals surface area contributed by atoms with E-state index in [0.29, 0.717) is 31.8 Å². The average Bonchev–Trinajstić information content (AvgIpc) is 2.41. The first kappa shape index (κ1) is 20.4. The molecule has 0 aromatic heterocycles. The molecule has 0 aliphatic heterocycles. The second-order valence-electron chi connectivity index (χ2n) is 5.37. The van der Waals surface area contributed by atoms with Gasteiger partial charge in [0.15, 0.2) is 0 Å². The molecule has 0 heterocycles. The van der Waals surface area contributed by atoms with Crippen molar-refractivity contribution in [2.24, 2.45) is 0 Å². The summed E-state index contributed by atoms with van der Waals surface area (Å²) in [6.07, 6.45) is 9.20. The van der Waals surface area contributed by atoms with Crippen LogP contribution in [0.3, 0.4) is 0 Å². The zero-order valence-corrected chi connectivity index (χ0v) is 14.7. The van der Waals surface area contributed by atoms with Crippen molar-refractivity contribution in [1.82, 2.24) is 4.67 Å². The molecule has 0 aliphatic rings. The Morgan fingerprint density at radius 2 is 1.71 bits per heavy atom. The van der Waals surface area contributed by atoms with Gasteiger partial charge in [-0.1, -0.05) is 6.42 Å². The van der Waals surface area contributed by atoms with Crippen LogP contribution in [0.25, 0.3) is 4.85 Å². The number of hydrogen-bond acceptors (Lipinski definition) is 3. The number of rotatable bonds is 12. The lowest BCUT2D eigenvalue weighted by molar-refractivity contribution is 0.176. The molecule has 0 aromatic carbocycles. The maximum Gasteiger partial charge on any atom is 0.259 e. The van der Waals surface area contributed by atoms with E-state index in [1.165, 1.54) is 0 Å². The molecule has 21 heavy (non-hydrogen) atoms. The van der Waals surface area contributed by atoms with E-state index in [4.69, 9.17) is 22.0 Å². The molecule has 0 saturated heterocycles. The zero-order valence-electron chi connectivity index (χ0n) is 13.8. The quantitative estimate of drug-likeness (QED) is 0.230. The van der Waals surface area contributed by atoms with Crippen LogP contribution in [0.5, 0.6) is 0 Å². The van der Waals surface area contributed by atoms with Crippen molar-refractivity contribution in [2.45, 2.75) is 65.5 Å². The van der Waals surface area contributed by atoms with E-state index >= 15 is 0 Å². The number of hydrogen-bond donors (Lipinski definition) is 0. The average molecular weight is 312 g/mol. The summed E-state index contributed by atoms with van der Waals surface area (Å²) in [5, 5.41) is 0. The second-order valence-corrected chi connectivity index (χ2v) is 6.82. The summed E-state index contributed by atoms with van der Waals surface area (Å²) in [7, 11) is -1.09. The molecule has 0 aromatic rings. The molecular formula is C16H29N2O2P. The normalized spacial score (nSPS) is 12.6. The molecule has 0 N–H and O–H groups in total. The molecule has 0 fully saturated rings. The van der Waals surface area contributed by atoms with Crippen molar-refractivity contribution in [2.75, 3.05) is 19.8 Å². The van der Waals surface area contributed by atoms with Crippen LogP contribution in [0.2, 0.25) is 0 Å². The molecule has 1 unspecified atom stereocenters. The lowest BCUT2D eigenvalue weighted by Crippen LogP contribution is -2.33. The molecule has 0 amide bonds. The first-order chi connectivity index (χ1) is 10.0. The van der Waals surface area contributed by atoms with Crippen LogP contribution in [0.4, 0.5) is 0 Å². The zero-order chi connectivity index (χ0) is 16.1. The molecule has 5 heteroatoms. The highest BCUT2D eigenvalue weighted by atomic mass is 31.2. The van der Waals surface area contributed by atoms with Gasteiger partial charge in [0.05, 0.1) is 6.61 Å². The van der Waals surface area contributed by atoms with E-state index in [-0.39, 0.29) is 0 Å². The van der Waals surface area contributed by atoms with Gasteiger partial charge in [-0.2, -0.15) is 0 Å². The highest BCUT2D eigenvalue weighted by Crippen LogP contribution is 2.45. The lowest BCUT2D eigenvalue weighted by Gasteiger charge is -2.35. The summed E-state index contributed by atoms with van der Waals surface area (Å²) in [6.45, 7) is 16.9. The molecule has 0 saturated carbocycles. The first-order valence-electron chi connectivity index (χ1n) is 7.65. The van der Waals surface area contributed by atoms with Gasteiger partial charge in [-0.05, 0) is 40.5 Å². The molecule has 0 rings (SSSR count). The van der Waals surface area contributed by atoms with E-state index < -0.39 is 8.53 Å². The van der Waals surface area contributed by atoms with Crippen molar-refractivity contribution >= 4 is 8.53 Å². The van der Waals surface area contributed by atoms with E-state index in [1.807, 2.05) is 0 Å². The Balaban J connectivity index is 4.31. The highest BCUT2D eigenvalue weighted by molar-refractivity contribution is 7.44. The Bertz CT molecular complexity index is 326. The Kier molecular flexibility index (Phi) is 12.7. The smallest absolute Gasteiger partial charge is 0.259 e. The summed E-state index contributed by atoms with van der Waals surface area (Å²) in [5.41, 5.74) is 0. The van der Waals surface area contributed by atoms with Crippen LogP contribution in [0.15, 0.2) is 0 Å². The van der Waals surface area contributed by atoms with Gasteiger partial charge in [-0.15, -0.1) is 12.3 Å². The van der Waals surface area contributed by atoms with E-state index in [0.717, 1.165) is 25.7 Å². The van der Waals surface area contributed by atoms with Gasteiger partial charge < -0.3 is 13.9 Å². The number of unbranched alkanes of at least 4 members (excludes halogenated alkanes) is 3. The number of terminal acetylenes is 1. The monoisotopic (exact) mass is 312 g/mol. The van der Waals surface area contributed by atoms with Crippen LogP contribution in [-0.2, 0) is 9.05 Å². The fourth-order valence-electron chi connectivity index (χ4n) is 1.96. The van der Waals surface area contributed by atoms with Crippen LogP contribution >= 0.6 is 8.53 Å². The van der Waals surface area contributed by atoms with Crippen LogP contribution in [0, 0.1) is 18.9 Å². The summed E-state index contributed by atoms with van der Waals surface area (Å²) in [4.78, 5) is 3.33. The van der Waals surface area contributed by atoms with E-state index in [1.54, 1.807) is 0 Å². The van der Waals surface area contributed by atoms with Gasteiger partial charge in [0.25, 0.3) is 8.53 Å². The highest BCUT2D eigenvalue weighted by Gasteiger charge is 2.27. The Labute approximate surface area is 132 Å². The Morgan fingerprint density at radius 1 is 1.10 bits per heavy atom. The van der Waals surface area contributed by atoms with Gasteiger partial charge in [0.1, 0.15) is 6.61 Å². The van der Waals surface area contributed by atoms with Crippen molar-refractivity contribution in [3.05, 3.63) is 11.4 Å². The molecule has 1 atom stereocenters. The minimum atomic E-state index is -1.09. The maximum atomic E-state index is 6.84. The topological polar surface area (TPSA) is 26.1 Å². The van der Waals surface area contributed by atoms with E-state index in [2.05, 4.69) is 43.1 Å².